The van der Waals surface area contributed by atoms with Gasteiger partial charge in [-0.1, -0.05) is 62.3 Å². The first-order valence-corrected chi connectivity index (χ1v) is 14.7. The topological polar surface area (TPSA) is 75.9 Å². The van der Waals surface area contributed by atoms with E-state index in [0.29, 0.717) is 23.7 Å². The van der Waals surface area contributed by atoms with Crippen molar-refractivity contribution in [3.05, 3.63) is 52.7 Å². The van der Waals surface area contributed by atoms with Crippen molar-refractivity contribution in [1.82, 2.24) is 0 Å². The van der Waals surface area contributed by atoms with Gasteiger partial charge in [0, 0.05) is 41.5 Å². The molecule has 32 heavy (non-hydrogen) atoms. The molecular formula is C25H37CoN2O3Si. The molecule has 3 saturated carbocycles. The summed E-state index contributed by atoms with van der Waals surface area (Å²) in [5, 5.41) is 6.68. The third-order valence-electron chi connectivity index (χ3n) is 8.27. The zero-order valence-electron chi connectivity index (χ0n) is 20.0. The molecule has 0 amide bonds. The van der Waals surface area contributed by atoms with E-state index in [2.05, 4.69) is 76.0 Å². The van der Waals surface area contributed by atoms with Gasteiger partial charge in [0.1, 0.15) is 17.9 Å². The molecule has 0 N–H and O–H groups in total. The minimum Gasteiger partial charge on any atom is -0.300 e. The first kappa shape index (κ1) is 27.6. The van der Waals surface area contributed by atoms with Crippen molar-refractivity contribution >= 4 is 13.9 Å². The molecule has 3 fully saturated rings. The normalized spacial score (nSPS) is 33.0. The largest absolute Gasteiger partial charge is 0.300 e. The molecule has 0 aromatic carbocycles. The van der Waals surface area contributed by atoms with E-state index in [1.165, 1.54) is 5.57 Å². The zero-order chi connectivity index (χ0) is 22.8. The van der Waals surface area contributed by atoms with E-state index in [9.17, 15) is 14.6 Å². The van der Waals surface area contributed by atoms with Gasteiger partial charge in [-0.05, 0) is 61.4 Å². The quantitative estimate of drug-likeness (QED) is 0.193. The minimum absolute atomic E-state index is 0. The molecule has 0 aliphatic heterocycles. The van der Waals surface area contributed by atoms with E-state index in [-0.39, 0.29) is 34.5 Å². The number of ketones is 1. The summed E-state index contributed by atoms with van der Waals surface area (Å²) in [5.41, 5.74) is 2.79. The smallest absolute Gasteiger partial charge is 0.133 e. The molecule has 0 aromatic heterocycles. The van der Waals surface area contributed by atoms with Gasteiger partial charge in [0.05, 0.1) is 8.07 Å². The maximum absolute atomic E-state index is 11.7. The van der Waals surface area contributed by atoms with Crippen LogP contribution >= 0.6 is 0 Å². The fraction of sp³-hybridized carbons (Fsp3) is 0.680. The van der Waals surface area contributed by atoms with Crippen molar-refractivity contribution in [3.63, 3.8) is 0 Å². The molecule has 4 aliphatic carbocycles. The third kappa shape index (κ3) is 5.69. The number of hydrogen-bond donors (Lipinski definition) is 0. The van der Waals surface area contributed by atoms with E-state index in [4.69, 9.17) is 0 Å². The van der Waals surface area contributed by atoms with Crippen LogP contribution in [0.2, 0.25) is 18.1 Å². The Morgan fingerprint density at radius 3 is 2.19 bits per heavy atom. The Morgan fingerprint density at radius 1 is 1.00 bits per heavy atom. The Morgan fingerprint density at radius 2 is 1.62 bits per heavy atom. The molecule has 0 unspecified atom stereocenters. The second-order valence-electron chi connectivity index (χ2n) is 11.1. The van der Waals surface area contributed by atoms with Crippen LogP contribution < -0.4 is 0 Å². The van der Waals surface area contributed by atoms with E-state index in [1.54, 1.807) is 5.54 Å². The molecule has 4 rings (SSSR count). The predicted octanol–water partition coefficient (Wildman–Crippen LogP) is 6.42. The number of carbonyl (C=O) groups excluding carboxylic acids is 1. The van der Waals surface area contributed by atoms with Crippen LogP contribution in [0.3, 0.4) is 0 Å². The molecular weight excluding hydrogens is 463 g/mol. The summed E-state index contributed by atoms with van der Waals surface area (Å²) in [5.74, 6) is 0.716. The standard InChI is InChI=1S/C14H18N2O3.C11H19Si.Co/c17-10-4-2-1-3-8(5-10)11-6-9-7-12(11)14(16-19)13(9)15-18;1-11(2,3)12(4,5)10-8-6-7-9-10;/h6,8-9,12-14H,1-5,7H2;6-9H,1-5H3;/t8-,9+,12+,13-,14+;;/m1../s1. The SMILES string of the molecule is CC(C)(C)[Si](C)(C)[C]1[CH][CH][CH][CH]1.O=N[C@@H]1[C@H](N=O)[C@H]2C=C([C@@H]3CCCCC(=O)C3)[C@@H]1C2.[Co]. The van der Waals surface area contributed by atoms with Gasteiger partial charge in [0.15, 0.2) is 0 Å². The summed E-state index contributed by atoms with van der Waals surface area (Å²) < 4.78 is 0. The summed E-state index contributed by atoms with van der Waals surface area (Å²) in [6, 6.07) is -0.978. The number of Topliss-reactive ketones (excluding diaryl/α,β-unsaturated/α-hetero) is 1. The molecule has 6 radical (unpaired) electrons. The molecule has 5 atom stereocenters. The zero-order valence-corrected chi connectivity index (χ0v) is 22.0. The molecule has 0 heterocycles. The van der Waals surface area contributed by atoms with Crippen LogP contribution in [0.25, 0.3) is 0 Å². The van der Waals surface area contributed by atoms with Gasteiger partial charge < -0.3 is 0 Å². The number of hydrogen-bond acceptors (Lipinski definition) is 5. The molecule has 0 saturated heterocycles. The Hall–Kier alpha value is -0.667. The fourth-order valence-electron chi connectivity index (χ4n) is 5.35. The average Bonchev–Trinajstić information content (AvgIpc) is 3.42. The van der Waals surface area contributed by atoms with Crippen LogP contribution in [0.4, 0.5) is 0 Å². The maximum Gasteiger partial charge on any atom is 0.133 e. The number of nitroso groups, excluding NO2 is 2. The molecule has 2 bridgehead atoms. The Balaban J connectivity index is 0.000000244. The summed E-state index contributed by atoms with van der Waals surface area (Å²) >= 11 is 0. The van der Waals surface area contributed by atoms with Crippen molar-refractivity contribution in [2.24, 2.45) is 28.1 Å². The Labute approximate surface area is 205 Å². The Bertz CT molecular complexity index is 712. The van der Waals surface area contributed by atoms with E-state index in [1.807, 2.05) is 0 Å². The summed E-state index contributed by atoms with van der Waals surface area (Å²) in [6.07, 6.45) is 16.1. The molecule has 5 nitrogen and oxygen atoms in total. The van der Waals surface area contributed by atoms with Crippen molar-refractivity contribution in [2.45, 2.75) is 89.5 Å². The Kier molecular flexibility index (Phi) is 9.63. The van der Waals surface area contributed by atoms with E-state index >= 15 is 0 Å². The predicted molar refractivity (Wildman–Crippen MR) is 128 cm³/mol. The first-order chi connectivity index (χ1) is 14.6. The van der Waals surface area contributed by atoms with Crippen LogP contribution in [0, 0.1) is 58.8 Å². The van der Waals surface area contributed by atoms with Gasteiger partial charge in [0.2, 0.25) is 0 Å². The monoisotopic (exact) mass is 500 g/mol. The van der Waals surface area contributed by atoms with Crippen LogP contribution in [0.5, 0.6) is 0 Å². The van der Waals surface area contributed by atoms with Gasteiger partial charge in [-0.2, -0.15) is 9.81 Å². The molecule has 7 heteroatoms. The molecule has 0 aromatic rings. The molecule has 4 aliphatic rings. The van der Waals surface area contributed by atoms with Crippen molar-refractivity contribution in [3.8, 4) is 0 Å². The summed E-state index contributed by atoms with van der Waals surface area (Å²) in [7, 11) is -1.23. The summed E-state index contributed by atoms with van der Waals surface area (Å²) in [4.78, 5) is 33.6. The van der Waals surface area contributed by atoms with E-state index < -0.39 is 20.2 Å². The van der Waals surface area contributed by atoms with Gasteiger partial charge in [-0.25, -0.2) is 0 Å². The van der Waals surface area contributed by atoms with Gasteiger partial charge in [0.25, 0.3) is 0 Å². The second-order valence-corrected chi connectivity index (χ2v) is 16.4. The number of rotatable bonds is 4. The van der Waals surface area contributed by atoms with Gasteiger partial charge in [-0.15, -0.1) is 0 Å². The number of nitrogens with zero attached hydrogens (tertiary/aromatic N) is 2. The number of carbonyl (C=O) groups is 1. The van der Waals surface area contributed by atoms with Crippen molar-refractivity contribution in [1.29, 1.82) is 0 Å². The maximum atomic E-state index is 11.7. The van der Waals surface area contributed by atoms with E-state index in [0.717, 1.165) is 25.7 Å². The van der Waals surface area contributed by atoms with Gasteiger partial charge >= 0.3 is 0 Å². The molecule has 0 spiro atoms. The van der Waals surface area contributed by atoms with Crippen molar-refractivity contribution in [2.75, 3.05) is 0 Å². The van der Waals surface area contributed by atoms with Crippen LogP contribution in [-0.2, 0) is 21.6 Å². The first-order valence-electron chi connectivity index (χ1n) is 11.7. The molecule has 178 valence electrons. The van der Waals surface area contributed by atoms with Gasteiger partial charge in [-0.3, -0.25) is 4.79 Å². The van der Waals surface area contributed by atoms with Crippen molar-refractivity contribution < 1.29 is 21.6 Å². The summed E-state index contributed by atoms with van der Waals surface area (Å²) in [6.45, 7) is 12.0. The average molecular weight is 501 g/mol. The third-order valence-corrected chi connectivity index (χ3v) is 13.8. The number of fused-ring (bicyclic) bond motifs is 2. The van der Waals surface area contributed by atoms with Crippen LogP contribution in [-0.4, -0.2) is 25.9 Å². The van der Waals surface area contributed by atoms with Crippen LogP contribution in [0.15, 0.2) is 22.0 Å². The fourth-order valence-corrected chi connectivity index (χ4v) is 7.24. The second kappa shape index (κ2) is 11.2. The minimum atomic E-state index is -1.23. The van der Waals surface area contributed by atoms with Crippen LogP contribution in [0.1, 0.15) is 59.3 Å².